The number of aryl methyl sites for hydroxylation is 1. The normalized spacial score (nSPS) is 12.2. The lowest BCUT2D eigenvalue weighted by atomic mass is 10.2. The highest BCUT2D eigenvalue weighted by molar-refractivity contribution is 8.00. The van der Waals surface area contributed by atoms with Crippen molar-refractivity contribution in [3.8, 4) is 0 Å². The molecule has 3 N–H and O–H groups in total. The van der Waals surface area contributed by atoms with Crippen molar-refractivity contribution in [2.75, 3.05) is 0 Å². The Balaban J connectivity index is 2.60. The molecule has 0 saturated carbocycles. The van der Waals surface area contributed by atoms with Gasteiger partial charge in [-0.1, -0.05) is 17.7 Å². The minimum atomic E-state index is -0.164. The van der Waals surface area contributed by atoms with Gasteiger partial charge in [-0.2, -0.15) is 0 Å². The summed E-state index contributed by atoms with van der Waals surface area (Å²) in [6, 6.07) is 8.05. The maximum atomic E-state index is 11.1. The van der Waals surface area contributed by atoms with Crippen LogP contribution in [-0.4, -0.2) is 11.2 Å². The fourth-order valence-corrected chi connectivity index (χ4v) is 1.87. The number of hydrogen-bond donors (Lipinski definition) is 2. The maximum absolute atomic E-state index is 11.1. The van der Waals surface area contributed by atoms with E-state index in [2.05, 4.69) is 5.43 Å². The Labute approximate surface area is 88.0 Å². The molecule has 1 atom stereocenters. The van der Waals surface area contributed by atoms with Crippen molar-refractivity contribution in [1.29, 1.82) is 0 Å². The number of benzene rings is 1. The molecular weight excluding hydrogens is 196 g/mol. The van der Waals surface area contributed by atoms with Crippen LogP contribution in [0, 0.1) is 6.92 Å². The Kier molecular flexibility index (Phi) is 3.98. The Morgan fingerprint density at radius 2 is 2.00 bits per heavy atom. The molecule has 1 unspecified atom stereocenters. The largest absolute Gasteiger partial charge is 0.293 e. The van der Waals surface area contributed by atoms with E-state index < -0.39 is 0 Å². The molecule has 0 spiro atoms. The average Bonchev–Trinajstić information content (AvgIpc) is 2.20. The highest BCUT2D eigenvalue weighted by Gasteiger charge is 2.12. The Bertz CT molecular complexity index is 310. The zero-order chi connectivity index (χ0) is 10.6. The zero-order valence-electron chi connectivity index (χ0n) is 8.28. The van der Waals surface area contributed by atoms with E-state index in [1.165, 1.54) is 17.3 Å². The second-order valence-electron chi connectivity index (χ2n) is 3.08. The maximum Gasteiger partial charge on any atom is 0.247 e. The van der Waals surface area contributed by atoms with Gasteiger partial charge in [0.15, 0.2) is 0 Å². The van der Waals surface area contributed by atoms with Gasteiger partial charge in [-0.05, 0) is 26.0 Å². The van der Waals surface area contributed by atoms with Crippen LogP contribution in [0.5, 0.6) is 0 Å². The van der Waals surface area contributed by atoms with E-state index in [0.717, 1.165) is 4.90 Å². The minimum Gasteiger partial charge on any atom is -0.293 e. The summed E-state index contributed by atoms with van der Waals surface area (Å²) in [4.78, 5) is 12.2. The predicted octanol–water partition coefficient (Wildman–Crippen LogP) is 1.47. The Morgan fingerprint density at radius 1 is 1.43 bits per heavy atom. The number of amides is 1. The summed E-state index contributed by atoms with van der Waals surface area (Å²) in [5, 5.41) is -0.164. The first-order valence-electron chi connectivity index (χ1n) is 4.37. The number of nitrogens with two attached hydrogens (primary N) is 1. The second kappa shape index (κ2) is 5.02. The summed E-state index contributed by atoms with van der Waals surface area (Å²) < 4.78 is 0. The number of hydrazine groups is 1. The van der Waals surface area contributed by atoms with E-state index in [0.29, 0.717) is 0 Å². The van der Waals surface area contributed by atoms with Crippen molar-refractivity contribution in [3.05, 3.63) is 29.8 Å². The number of nitrogens with one attached hydrogen (secondary N) is 1. The van der Waals surface area contributed by atoms with Crippen molar-refractivity contribution in [3.63, 3.8) is 0 Å². The molecule has 76 valence electrons. The van der Waals surface area contributed by atoms with Gasteiger partial charge in [0.25, 0.3) is 0 Å². The minimum absolute atomic E-state index is 0.157. The third-order valence-electron chi connectivity index (χ3n) is 1.85. The van der Waals surface area contributed by atoms with Crippen molar-refractivity contribution in [1.82, 2.24) is 5.43 Å². The van der Waals surface area contributed by atoms with Gasteiger partial charge >= 0.3 is 0 Å². The summed E-state index contributed by atoms with van der Waals surface area (Å²) in [6.07, 6.45) is 0. The molecule has 0 heterocycles. The first-order valence-corrected chi connectivity index (χ1v) is 5.25. The van der Waals surface area contributed by atoms with Gasteiger partial charge in [-0.25, -0.2) is 5.84 Å². The van der Waals surface area contributed by atoms with Crippen LogP contribution >= 0.6 is 11.8 Å². The Hall–Kier alpha value is -1.00. The van der Waals surface area contributed by atoms with Crippen LogP contribution in [0.3, 0.4) is 0 Å². The first-order chi connectivity index (χ1) is 6.63. The highest BCUT2D eigenvalue weighted by Crippen LogP contribution is 2.23. The molecule has 1 rings (SSSR count). The number of hydrogen-bond acceptors (Lipinski definition) is 3. The highest BCUT2D eigenvalue weighted by atomic mass is 32.2. The molecule has 0 radical (unpaired) electrons. The van der Waals surface area contributed by atoms with Gasteiger partial charge in [0.2, 0.25) is 5.91 Å². The molecule has 1 aromatic carbocycles. The van der Waals surface area contributed by atoms with Crippen molar-refractivity contribution in [2.45, 2.75) is 24.0 Å². The fraction of sp³-hybridized carbons (Fsp3) is 0.300. The van der Waals surface area contributed by atoms with Gasteiger partial charge in [0.05, 0.1) is 5.25 Å². The van der Waals surface area contributed by atoms with Gasteiger partial charge in [0.1, 0.15) is 0 Å². The van der Waals surface area contributed by atoms with E-state index >= 15 is 0 Å². The Morgan fingerprint density at radius 3 is 2.50 bits per heavy atom. The van der Waals surface area contributed by atoms with Gasteiger partial charge in [0, 0.05) is 4.90 Å². The number of thioether (sulfide) groups is 1. The van der Waals surface area contributed by atoms with Gasteiger partial charge < -0.3 is 0 Å². The van der Waals surface area contributed by atoms with Crippen LogP contribution in [0.25, 0.3) is 0 Å². The standard InChI is InChI=1S/C10H14N2OS/c1-7-3-5-9(6-4-7)14-8(2)10(13)12-11/h3-6,8H,11H2,1-2H3,(H,12,13). The molecule has 0 aliphatic rings. The smallest absolute Gasteiger partial charge is 0.247 e. The molecule has 0 aliphatic heterocycles. The molecule has 1 amide bonds. The van der Waals surface area contributed by atoms with E-state index in [1.54, 1.807) is 0 Å². The van der Waals surface area contributed by atoms with Crippen molar-refractivity contribution in [2.24, 2.45) is 5.84 Å². The molecule has 1 aromatic rings. The number of carbonyl (C=O) groups is 1. The molecule has 3 nitrogen and oxygen atoms in total. The SMILES string of the molecule is Cc1ccc(SC(C)C(=O)NN)cc1. The number of carbonyl (C=O) groups excluding carboxylic acids is 1. The molecular formula is C10H14N2OS. The molecule has 0 bridgehead atoms. The topological polar surface area (TPSA) is 55.1 Å². The van der Waals surface area contributed by atoms with Crippen molar-refractivity contribution < 1.29 is 4.79 Å². The lowest BCUT2D eigenvalue weighted by Gasteiger charge is -2.08. The molecule has 0 fully saturated rings. The molecule has 0 aliphatic carbocycles. The first kappa shape index (κ1) is 11.1. The van der Waals surface area contributed by atoms with Crippen LogP contribution < -0.4 is 11.3 Å². The molecule has 14 heavy (non-hydrogen) atoms. The monoisotopic (exact) mass is 210 g/mol. The summed E-state index contributed by atoms with van der Waals surface area (Å²) in [5.74, 6) is 4.88. The predicted molar refractivity (Wildman–Crippen MR) is 58.8 cm³/mol. The van der Waals surface area contributed by atoms with E-state index in [4.69, 9.17) is 5.84 Å². The van der Waals surface area contributed by atoms with Gasteiger partial charge in [-0.15, -0.1) is 11.8 Å². The van der Waals surface area contributed by atoms with E-state index in [1.807, 2.05) is 38.1 Å². The second-order valence-corrected chi connectivity index (χ2v) is 4.50. The van der Waals surface area contributed by atoms with Crippen LogP contribution in [0.2, 0.25) is 0 Å². The number of rotatable bonds is 3. The third-order valence-corrected chi connectivity index (χ3v) is 2.96. The quantitative estimate of drug-likeness (QED) is 0.344. The van der Waals surface area contributed by atoms with Crippen LogP contribution in [-0.2, 0) is 4.79 Å². The summed E-state index contributed by atoms with van der Waals surface area (Å²) >= 11 is 1.49. The van der Waals surface area contributed by atoms with E-state index in [9.17, 15) is 4.79 Å². The summed E-state index contributed by atoms with van der Waals surface area (Å²) in [6.45, 7) is 3.86. The lowest BCUT2D eigenvalue weighted by molar-refractivity contribution is -0.120. The van der Waals surface area contributed by atoms with Crippen LogP contribution in [0.1, 0.15) is 12.5 Å². The fourth-order valence-electron chi connectivity index (χ4n) is 0.992. The lowest BCUT2D eigenvalue weighted by Crippen LogP contribution is -2.36. The van der Waals surface area contributed by atoms with Crippen LogP contribution in [0.15, 0.2) is 29.2 Å². The summed E-state index contributed by atoms with van der Waals surface area (Å²) in [7, 11) is 0. The molecule has 0 aromatic heterocycles. The van der Waals surface area contributed by atoms with Crippen molar-refractivity contribution >= 4 is 17.7 Å². The van der Waals surface area contributed by atoms with Gasteiger partial charge in [-0.3, -0.25) is 10.2 Å². The third kappa shape index (κ3) is 3.05. The van der Waals surface area contributed by atoms with Crippen LogP contribution in [0.4, 0.5) is 0 Å². The molecule has 0 saturated heterocycles. The zero-order valence-corrected chi connectivity index (χ0v) is 9.10. The summed E-state index contributed by atoms with van der Waals surface area (Å²) in [5.41, 5.74) is 3.35. The average molecular weight is 210 g/mol. The van der Waals surface area contributed by atoms with E-state index in [-0.39, 0.29) is 11.2 Å². The molecule has 4 heteroatoms.